The molecule has 160 valence electrons. The summed E-state index contributed by atoms with van der Waals surface area (Å²) in [5.41, 5.74) is 3.55. The molecule has 30 heavy (non-hydrogen) atoms. The Morgan fingerprint density at radius 1 is 1.30 bits per heavy atom. The number of nitrogens with one attached hydrogen (secondary N) is 2. The Morgan fingerprint density at radius 2 is 2.10 bits per heavy atom. The van der Waals surface area contributed by atoms with Crippen LogP contribution in [0.3, 0.4) is 0 Å². The van der Waals surface area contributed by atoms with Gasteiger partial charge in [-0.1, -0.05) is 6.92 Å². The van der Waals surface area contributed by atoms with Crippen LogP contribution in [-0.4, -0.2) is 65.8 Å². The zero-order chi connectivity index (χ0) is 20.7. The number of hydrogen-bond donors (Lipinski definition) is 2. The molecule has 0 spiro atoms. The summed E-state index contributed by atoms with van der Waals surface area (Å²) in [6.07, 6.45) is 7.72. The van der Waals surface area contributed by atoms with E-state index in [1.54, 1.807) is 6.20 Å². The van der Waals surface area contributed by atoms with Gasteiger partial charge in [-0.05, 0) is 56.0 Å². The number of rotatable bonds is 5. The number of carbonyl (C=O) groups excluding carboxylic acids is 1. The lowest BCUT2D eigenvalue weighted by atomic mass is 9.85. The molecule has 3 fully saturated rings. The number of hydrogen-bond acceptors (Lipinski definition) is 5. The van der Waals surface area contributed by atoms with Gasteiger partial charge in [0.1, 0.15) is 0 Å². The van der Waals surface area contributed by atoms with Crippen LogP contribution in [0, 0.1) is 16.7 Å². The van der Waals surface area contributed by atoms with Gasteiger partial charge in [0.05, 0.1) is 30.6 Å². The number of nitrogens with zero attached hydrogens (tertiary/aromatic N) is 4. The highest BCUT2D eigenvalue weighted by Gasteiger charge is 2.36. The van der Waals surface area contributed by atoms with Crippen LogP contribution in [0.2, 0.25) is 0 Å². The summed E-state index contributed by atoms with van der Waals surface area (Å²) < 4.78 is 7.26. The Hall–Kier alpha value is -2.45. The number of carbonyl (C=O) groups is 1. The van der Waals surface area contributed by atoms with Crippen LogP contribution in [-0.2, 0) is 16.0 Å². The number of anilines is 1. The molecule has 0 aliphatic carbocycles. The molecule has 3 aliphatic rings. The maximum absolute atomic E-state index is 11.5. The van der Waals surface area contributed by atoms with Crippen molar-refractivity contribution in [1.29, 1.82) is 5.41 Å². The highest BCUT2D eigenvalue weighted by molar-refractivity contribution is 6.08. The van der Waals surface area contributed by atoms with Gasteiger partial charge in [0.25, 0.3) is 0 Å². The molecule has 3 saturated heterocycles. The topological polar surface area (TPSA) is 86.0 Å². The van der Waals surface area contributed by atoms with Crippen molar-refractivity contribution in [2.45, 2.75) is 32.6 Å². The first-order valence-corrected chi connectivity index (χ1v) is 10.9. The molecule has 2 aromatic heterocycles. The van der Waals surface area contributed by atoms with Crippen molar-refractivity contribution < 1.29 is 9.53 Å². The number of fused-ring (bicyclic) bond motifs is 1. The van der Waals surface area contributed by atoms with E-state index in [0.717, 1.165) is 37.4 Å². The molecular weight excluding hydrogens is 380 g/mol. The van der Waals surface area contributed by atoms with Crippen molar-refractivity contribution in [3.8, 4) is 0 Å². The first-order chi connectivity index (χ1) is 14.5. The number of amides is 1. The zero-order valence-electron chi connectivity index (χ0n) is 17.6. The summed E-state index contributed by atoms with van der Waals surface area (Å²) >= 11 is 0. The SMILES string of the molecule is CC1(CN2CCC(Cc3ccn4ncc(N5CCC(=O)NC5=N)c4c3)CC2)COC1. The van der Waals surface area contributed by atoms with Gasteiger partial charge >= 0.3 is 0 Å². The summed E-state index contributed by atoms with van der Waals surface area (Å²) in [7, 11) is 0. The number of likely N-dealkylation sites (tertiary alicyclic amines) is 1. The lowest BCUT2D eigenvalue weighted by molar-refractivity contribution is -0.119. The molecule has 8 heteroatoms. The summed E-state index contributed by atoms with van der Waals surface area (Å²) in [5, 5.41) is 15.2. The molecule has 0 aromatic carbocycles. The van der Waals surface area contributed by atoms with Crippen LogP contribution < -0.4 is 10.2 Å². The predicted octanol–water partition coefficient (Wildman–Crippen LogP) is 1.89. The van der Waals surface area contributed by atoms with Gasteiger partial charge < -0.3 is 14.5 Å². The monoisotopic (exact) mass is 410 g/mol. The van der Waals surface area contributed by atoms with Crippen LogP contribution in [0.15, 0.2) is 24.5 Å². The number of pyridine rings is 1. The van der Waals surface area contributed by atoms with Crippen molar-refractivity contribution in [2.75, 3.05) is 44.3 Å². The Labute approximate surface area is 176 Å². The second kappa shape index (κ2) is 7.67. The van der Waals surface area contributed by atoms with Crippen molar-refractivity contribution in [3.05, 3.63) is 30.1 Å². The van der Waals surface area contributed by atoms with Gasteiger partial charge in [-0.25, -0.2) is 4.52 Å². The minimum Gasteiger partial charge on any atom is -0.380 e. The lowest BCUT2D eigenvalue weighted by Gasteiger charge is -2.43. The van der Waals surface area contributed by atoms with Gasteiger partial charge in [-0.3, -0.25) is 15.5 Å². The third-order valence-electron chi connectivity index (χ3n) is 6.68. The van der Waals surface area contributed by atoms with Crippen LogP contribution in [0.1, 0.15) is 31.7 Å². The van der Waals surface area contributed by atoms with E-state index in [2.05, 4.69) is 34.4 Å². The first-order valence-electron chi connectivity index (χ1n) is 10.9. The van der Waals surface area contributed by atoms with Crippen LogP contribution in [0.5, 0.6) is 0 Å². The molecule has 1 amide bonds. The van der Waals surface area contributed by atoms with E-state index in [9.17, 15) is 4.79 Å². The third-order valence-corrected chi connectivity index (χ3v) is 6.68. The molecule has 0 saturated carbocycles. The Balaban J connectivity index is 1.24. The molecule has 2 aromatic rings. The molecule has 8 nitrogen and oxygen atoms in total. The van der Waals surface area contributed by atoms with Crippen LogP contribution >= 0.6 is 0 Å². The van der Waals surface area contributed by atoms with E-state index in [4.69, 9.17) is 10.1 Å². The quantitative estimate of drug-likeness (QED) is 0.786. The first kappa shape index (κ1) is 19.5. The smallest absolute Gasteiger partial charge is 0.228 e. The summed E-state index contributed by atoms with van der Waals surface area (Å²) in [6, 6.07) is 4.36. The largest absolute Gasteiger partial charge is 0.380 e. The van der Waals surface area contributed by atoms with Gasteiger partial charge in [-0.15, -0.1) is 0 Å². The standard InChI is InChI=1S/C22H30N6O2/c1-22(14-30-15-22)13-26-6-2-16(3-7-26)10-17-4-9-28-18(11-17)19(12-24-28)27-8-5-20(29)25-21(27)23/h4,9,11-12,16H,2-3,5-8,10,13-15H2,1H3,(H2,23,25,29). The number of guanidine groups is 1. The highest BCUT2D eigenvalue weighted by Crippen LogP contribution is 2.31. The van der Waals surface area contributed by atoms with E-state index in [1.165, 1.54) is 31.5 Å². The molecule has 0 unspecified atom stereocenters. The lowest BCUT2D eigenvalue weighted by Crippen LogP contribution is -2.50. The minimum absolute atomic E-state index is 0.0985. The van der Waals surface area contributed by atoms with Gasteiger partial charge in [-0.2, -0.15) is 5.10 Å². The fraction of sp³-hybridized carbons (Fsp3) is 0.591. The average molecular weight is 411 g/mol. The van der Waals surface area contributed by atoms with E-state index >= 15 is 0 Å². The highest BCUT2D eigenvalue weighted by atomic mass is 16.5. The molecule has 2 N–H and O–H groups in total. The maximum atomic E-state index is 11.5. The van der Waals surface area contributed by atoms with Crippen molar-refractivity contribution in [3.63, 3.8) is 0 Å². The number of aromatic nitrogens is 2. The summed E-state index contributed by atoms with van der Waals surface area (Å²) in [6.45, 7) is 8.14. The normalized spacial score (nSPS) is 22.9. The average Bonchev–Trinajstić information content (AvgIpc) is 3.11. The number of piperidine rings is 1. The molecule has 0 radical (unpaired) electrons. The van der Waals surface area contributed by atoms with Crippen LogP contribution in [0.4, 0.5) is 5.69 Å². The van der Waals surface area contributed by atoms with Crippen LogP contribution in [0.25, 0.3) is 5.52 Å². The van der Waals surface area contributed by atoms with Crippen molar-refractivity contribution in [1.82, 2.24) is 19.8 Å². The summed E-state index contributed by atoms with van der Waals surface area (Å²) in [5.74, 6) is 0.733. The third kappa shape index (κ3) is 3.81. The van der Waals surface area contributed by atoms with Crippen molar-refractivity contribution in [2.24, 2.45) is 11.3 Å². The second-order valence-electron chi connectivity index (χ2n) is 9.42. The minimum atomic E-state index is -0.0985. The second-order valence-corrected chi connectivity index (χ2v) is 9.42. The fourth-order valence-corrected chi connectivity index (χ4v) is 4.94. The van der Waals surface area contributed by atoms with Gasteiger partial charge in [0, 0.05) is 31.1 Å². The Kier molecular flexibility index (Phi) is 4.99. The van der Waals surface area contributed by atoms with Crippen molar-refractivity contribution >= 4 is 23.1 Å². The molecule has 0 bridgehead atoms. The molecule has 5 heterocycles. The molecular formula is C22H30N6O2. The van der Waals surface area contributed by atoms with Gasteiger partial charge in [0.15, 0.2) is 0 Å². The van der Waals surface area contributed by atoms with E-state index < -0.39 is 0 Å². The van der Waals surface area contributed by atoms with E-state index in [1.807, 2.05) is 15.6 Å². The zero-order valence-corrected chi connectivity index (χ0v) is 17.6. The summed E-state index contributed by atoms with van der Waals surface area (Å²) in [4.78, 5) is 16.0. The molecule has 0 atom stereocenters. The van der Waals surface area contributed by atoms with E-state index in [-0.39, 0.29) is 11.9 Å². The predicted molar refractivity (Wildman–Crippen MR) is 115 cm³/mol. The fourth-order valence-electron chi connectivity index (χ4n) is 4.94. The van der Waals surface area contributed by atoms with E-state index in [0.29, 0.717) is 24.3 Å². The molecule has 3 aliphatic heterocycles. The Morgan fingerprint density at radius 3 is 2.80 bits per heavy atom. The Bertz CT molecular complexity index is 958. The molecule has 5 rings (SSSR count). The van der Waals surface area contributed by atoms with Gasteiger partial charge in [0.2, 0.25) is 11.9 Å². The maximum Gasteiger partial charge on any atom is 0.228 e. The number of ether oxygens (including phenoxy) is 1.